The topological polar surface area (TPSA) is 12.0 Å². The number of benzene rings is 1. The van der Waals surface area contributed by atoms with Gasteiger partial charge in [-0.25, -0.2) is 0 Å². The van der Waals surface area contributed by atoms with Crippen LogP contribution in [0, 0.1) is 5.92 Å². The molecule has 1 aromatic carbocycles. The van der Waals surface area contributed by atoms with Gasteiger partial charge < -0.3 is 5.32 Å². The van der Waals surface area contributed by atoms with Crippen molar-refractivity contribution in [3.8, 4) is 0 Å². The predicted molar refractivity (Wildman–Crippen MR) is 55.6 cm³/mol. The monoisotopic (exact) mass is 175 g/mol. The Morgan fingerprint density at radius 1 is 1.23 bits per heavy atom. The first-order chi connectivity index (χ1) is 6.38. The summed E-state index contributed by atoms with van der Waals surface area (Å²) < 4.78 is 0. The zero-order valence-corrected chi connectivity index (χ0v) is 8.16. The van der Waals surface area contributed by atoms with Crippen LogP contribution >= 0.6 is 0 Å². The van der Waals surface area contributed by atoms with Gasteiger partial charge in [-0.1, -0.05) is 37.3 Å². The van der Waals surface area contributed by atoms with Gasteiger partial charge in [0, 0.05) is 6.04 Å². The van der Waals surface area contributed by atoms with E-state index in [-0.39, 0.29) is 0 Å². The third-order valence-corrected chi connectivity index (χ3v) is 2.93. The fourth-order valence-corrected chi connectivity index (χ4v) is 2.16. The Morgan fingerprint density at radius 2 is 2.00 bits per heavy atom. The second-order valence-electron chi connectivity index (χ2n) is 3.96. The first kappa shape index (κ1) is 8.76. The average molecular weight is 175 g/mol. The molecule has 70 valence electrons. The maximum absolute atomic E-state index is 3.59. The minimum absolute atomic E-state index is 0.579. The maximum Gasteiger partial charge on any atom is 0.0346 e. The summed E-state index contributed by atoms with van der Waals surface area (Å²) in [5, 5.41) is 3.59. The van der Waals surface area contributed by atoms with Gasteiger partial charge >= 0.3 is 0 Å². The van der Waals surface area contributed by atoms with E-state index in [4.69, 9.17) is 0 Å². The molecule has 1 saturated heterocycles. The standard InChI is InChI=1S/C12H17N/c1-10-6-5-9-13-12(10)11-7-3-2-4-8-11/h2-4,7-8,10,12-13H,5-6,9H2,1H3/t10-,12?/m1/s1. The molecule has 1 aliphatic rings. The van der Waals surface area contributed by atoms with Gasteiger partial charge in [-0.05, 0) is 30.9 Å². The van der Waals surface area contributed by atoms with Crippen molar-refractivity contribution in [3.63, 3.8) is 0 Å². The van der Waals surface area contributed by atoms with Crippen LogP contribution in [-0.2, 0) is 0 Å². The third kappa shape index (κ3) is 1.92. The highest BCUT2D eigenvalue weighted by molar-refractivity contribution is 5.19. The highest BCUT2D eigenvalue weighted by atomic mass is 14.9. The molecule has 1 aliphatic heterocycles. The second kappa shape index (κ2) is 3.93. The van der Waals surface area contributed by atoms with Crippen LogP contribution < -0.4 is 5.32 Å². The van der Waals surface area contributed by atoms with E-state index < -0.39 is 0 Å². The number of nitrogens with one attached hydrogen (secondary N) is 1. The number of hydrogen-bond donors (Lipinski definition) is 1. The Labute approximate surface area is 80.2 Å². The molecule has 13 heavy (non-hydrogen) atoms. The quantitative estimate of drug-likeness (QED) is 0.692. The van der Waals surface area contributed by atoms with Gasteiger partial charge in [-0.3, -0.25) is 0 Å². The SMILES string of the molecule is C[C@@H]1CCCNC1c1ccccc1. The molecule has 2 atom stereocenters. The first-order valence-electron chi connectivity index (χ1n) is 5.16. The van der Waals surface area contributed by atoms with Crippen molar-refractivity contribution >= 4 is 0 Å². The van der Waals surface area contributed by atoms with E-state index >= 15 is 0 Å². The zero-order chi connectivity index (χ0) is 9.10. The van der Waals surface area contributed by atoms with Crippen LogP contribution in [0.4, 0.5) is 0 Å². The molecule has 0 aliphatic carbocycles. The molecule has 1 N–H and O–H groups in total. The molecule has 0 amide bonds. The van der Waals surface area contributed by atoms with E-state index in [9.17, 15) is 0 Å². The highest BCUT2D eigenvalue weighted by Gasteiger charge is 2.21. The van der Waals surface area contributed by atoms with Gasteiger partial charge in [-0.2, -0.15) is 0 Å². The first-order valence-corrected chi connectivity index (χ1v) is 5.16. The van der Waals surface area contributed by atoms with E-state index in [0.29, 0.717) is 6.04 Å². The zero-order valence-electron chi connectivity index (χ0n) is 8.16. The van der Waals surface area contributed by atoms with Crippen LogP contribution in [0.15, 0.2) is 30.3 Å². The van der Waals surface area contributed by atoms with Gasteiger partial charge in [0.1, 0.15) is 0 Å². The summed E-state index contributed by atoms with van der Waals surface area (Å²) >= 11 is 0. The molecule has 0 aromatic heterocycles. The highest BCUT2D eigenvalue weighted by Crippen LogP contribution is 2.28. The number of rotatable bonds is 1. The third-order valence-electron chi connectivity index (χ3n) is 2.93. The van der Waals surface area contributed by atoms with E-state index in [1.165, 1.54) is 24.9 Å². The summed E-state index contributed by atoms with van der Waals surface area (Å²) in [4.78, 5) is 0. The van der Waals surface area contributed by atoms with Crippen molar-refractivity contribution in [1.29, 1.82) is 0 Å². The Bertz CT molecular complexity index is 255. The lowest BCUT2D eigenvalue weighted by Crippen LogP contribution is -2.32. The summed E-state index contributed by atoms with van der Waals surface area (Å²) in [6, 6.07) is 11.3. The lowest BCUT2D eigenvalue weighted by atomic mass is 9.88. The van der Waals surface area contributed by atoms with Crippen molar-refractivity contribution < 1.29 is 0 Å². The molecule has 0 spiro atoms. The molecule has 0 saturated carbocycles. The summed E-state index contributed by atoms with van der Waals surface area (Å²) in [6.07, 6.45) is 2.68. The van der Waals surface area contributed by atoms with Gasteiger partial charge in [0.15, 0.2) is 0 Å². The smallest absolute Gasteiger partial charge is 0.0346 e. The molecule has 1 nitrogen and oxygen atoms in total. The van der Waals surface area contributed by atoms with Crippen LogP contribution in [0.2, 0.25) is 0 Å². The van der Waals surface area contributed by atoms with Crippen molar-refractivity contribution in [3.05, 3.63) is 35.9 Å². The minimum atomic E-state index is 0.579. The van der Waals surface area contributed by atoms with Crippen LogP contribution in [0.5, 0.6) is 0 Å². The maximum atomic E-state index is 3.59. The van der Waals surface area contributed by atoms with Crippen LogP contribution in [0.3, 0.4) is 0 Å². The molecule has 0 radical (unpaired) electrons. The van der Waals surface area contributed by atoms with Crippen molar-refractivity contribution in [1.82, 2.24) is 5.32 Å². The molecular formula is C12H17N. The van der Waals surface area contributed by atoms with Gasteiger partial charge in [-0.15, -0.1) is 0 Å². The lowest BCUT2D eigenvalue weighted by molar-refractivity contribution is 0.306. The Balaban J connectivity index is 2.15. The predicted octanol–water partition coefficient (Wildman–Crippen LogP) is 2.75. The van der Waals surface area contributed by atoms with Crippen LogP contribution in [-0.4, -0.2) is 6.54 Å². The fraction of sp³-hybridized carbons (Fsp3) is 0.500. The van der Waals surface area contributed by atoms with Crippen molar-refractivity contribution in [2.24, 2.45) is 5.92 Å². The summed E-state index contributed by atoms with van der Waals surface area (Å²) in [6.45, 7) is 3.51. The molecular weight excluding hydrogens is 158 g/mol. The average Bonchev–Trinajstić information content (AvgIpc) is 2.20. The molecule has 1 fully saturated rings. The van der Waals surface area contributed by atoms with Crippen LogP contribution in [0.1, 0.15) is 31.4 Å². The molecule has 1 heterocycles. The summed E-state index contributed by atoms with van der Waals surface area (Å²) in [5.74, 6) is 0.774. The van der Waals surface area contributed by atoms with Gasteiger partial charge in [0.25, 0.3) is 0 Å². The summed E-state index contributed by atoms with van der Waals surface area (Å²) in [7, 11) is 0. The Hall–Kier alpha value is -0.820. The van der Waals surface area contributed by atoms with Crippen molar-refractivity contribution in [2.75, 3.05) is 6.54 Å². The van der Waals surface area contributed by atoms with Crippen molar-refractivity contribution in [2.45, 2.75) is 25.8 Å². The minimum Gasteiger partial charge on any atom is -0.310 e. The molecule has 2 rings (SSSR count). The number of hydrogen-bond acceptors (Lipinski definition) is 1. The lowest BCUT2D eigenvalue weighted by Gasteiger charge is -2.30. The molecule has 1 heteroatoms. The van der Waals surface area contributed by atoms with Crippen LogP contribution in [0.25, 0.3) is 0 Å². The van der Waals surface area contributed by atoms with E-state index in [1.807, 2.05) is 0 Å². The Kier molecular flexibility index (Phi) is 2.65. The van der Waals surface area contributed by atoms with E-state index in [2.05, 4.69) is 42.6 Å². The molecule has 0 bridgehead atoms. The van der Waals surface area contributed by atoms with E-state index in [1.54, 1.807) is 0 Å². The number of piperidine rings is 1. The van der Waals surface area contributed by atoms with Gasteiger partial charge in [0.05, 0.1) is 0 Å². The fourth-order valence-electron chi connectivity index (χ4n) is 2.16. The van der Waals surface area contributed by atoms with E-state index in [0.717, 1.165) is 5.92 Å². The molecule has 1 unspecified atom stereocenters. The Morgan fingerprint density at radius 3 is 2.69 bits per heavy atom. The summed E-state index contributed by atoms with van der Waals surface area (Å²) in [5.41, 5.74) is 1.44. The normalized spacial score (nSPS) is 28.7. The molecule has 1 aromatic rings. The second-order valence-corrected chi connectivity index (χ2v) is 3.96. The largest absolute Gasteiger partial charge is 0.310 e. The van der Waals surface area contributed by atoms with Gasteiger partial charge in [0.2, 0.25) is 0 Å².